The zero-order chi connectivity index (χ0) is 22.5. The van der Waals surface area contributed by atoms with Crippen LogP contribution in [0, 0.1) is 0 Å². The summed E-state index contributed by atoms with van der Waals surface area (Å²) >= 11 is 1.82. The van der Waals surface area contributed by atoms with E-state index >= 15 is 0 Å². The van der Waals surface area contributed by atoms with Crippen molar-refractivity contribution in [3.8, 4) is 22.6 Å². The van der Waals surface area contributed by atoms with Gasteiger partial charge in [0.1, 0.15) is 11.5 Å². The molecule has 2 heterocycles. The second-order valence-electron chi connectivity index (χ2n) is 8.40. The molecular weight excluding hydrogens is 434 g/mol. The zero-order valence-electron chi connectivity index (χ0n) is 18.2. The molecule has 0 saturated carbocycles. The van der Waals surface area contributed by atoms with Crippen LogP contribution in [0.25, 0.3) is 52.8 Å². The van der Waals surface area contributed by atoms with E-state index in [1.807, 2.05) is 29.8 Å². The van der Waals surface area contributed by atoms with Crippen LogP contribution in [0.1, 0.15) is 0 Å². The lowest BCUT2D eigenvalue weighted by molar-refractivity contribution is 0.494. The normalized spacial score (nSPS) is 11.5. The van der Waals surface area contributed by atoms with Gasteiger partial charge < -0.3 is 4.74 Å². The predicted octanol–water partition coefficient (Wildman–Crippen LogP) is 9.22. The molecule has 5 aromatic carbocycles. The summed E-state index contributed by atoms with van der Waals surface area (Å²) in [6.45, 7) is 0. The van der Waals surface area contributed by atoms with Crippen molar-refractivity contribution in [2.45, 2.75) is 0 Å². The van der Waals surface area contributed by atoms with Gasteiger partial charge in [0.05, 0.1) is 0 Å². The maximum Gasteiger partial charge on any atom is 0.143 e. The number of nitrogens with zero attached hydrogens (tertiary/aromatic N) is 1. The molecule has 34 heavy (non-hydrogen) atoms. The maximum atomic E-state index is 6.70. The van der Waals surface area contributed by atoms with Crippen molar-refractivity contribution in [2.75, 3.05) is 0 Å². The van der Waals surface area contributed by atoms with E-state index < -0.39 is 0 Å². The minimum absolute atomic E-state index is 0.840. The van der Waals surface area contributed by atoms with E-state index in [9.17, 15) is 0 Å². The number of rotatable bonds is 3. The molecule has 0 saturated heterocycles. The summed E-state index contributed by atoms with van der Waals surface area (Å²) in [6, 6.07) is 36.0. The summed E-state index contributed by atoms with van der Waals surface area (Å²) in [7, 11) is 0. The van der Waals surface area contributed by atoms with Gasteiger partial charge in [-0.25, -0.2) is 0 Å². The molecular formula is C31H19NOS. The number of fused-ring (bicyclic) bond motifs is 5. The van der Waals surface area contributed by atoms with Crippen molar-refractivity contribution < 1.29 is 4.74 Å². The number of pyridine rings is 1. The third kappa shape index (κ3) is 2.98. The first-order valence-electron chi connectivity index (χ1n) is 11.3. The van der Waals surface area contributed by atoms with Gasteiger partial charge in [-0.3, -0.25) is 4.98 Å². The fraction of sp³-hybridized carbons (Fsp3) is 0. The Morgan fingerprint density at radius 1 is 0.559 bits per heavy atom. The lowest BCUT2D eigenvalue weighted by Gasteiger charge is -2.17. The lowest BCUT2D eigenvalue weighted by atomic mass is 9.92. The summed E-state index contributed by atoms with van der Waals surface area (Å²) in [5.41, 5.74) is 2.36. The summed E-state index contributed by atoms with van der Waals surface area (Å²) in [5, 5.41) is 6.90. The van der Waals surface area contributed by atoms with Crippen LogP contribution in [-0.4, -0.2) is 4.98 Å². The first kappa shape index (κ1) is 19.3. The quantitative estimate of drug-likeness (QED) is 0.249. The Bertz CT molecular complexity index is 1780. The molecule has 0 N–H and O–H groups in total. The van der Waals surface area contributed by atoms with E-state index in [1.165, 1.54) is 31.3 Å². The van der Waals surface area contributed by atoms with Crippen LogP contribution in [0.4, 0.5) is 0 Å². The number of benzene rings is 5. The Morgan fingerprint density at radius 3 is 2.15 bits per heavy atom. The second-order valence-corrected chi connectivity index (χ2v) is 9.48. The standard InChI is InChI=1S/C31H19NOS/c1-2-8-20(9-3-1)30-23-11-4-5-12-24(23)31(25-16-17-32-19-27(25)30)33-21-14-15-29-26(18-21)22-10-6-7-13-28(22)34-29/h1-19H. The monoisotopic (exact) mass is 453 g/mol. The van der Waals surface area contributed by atoms with Gasteiger partial charge in [-0.15, -0.1) is 11.3 Å². The smallest absolute Gasteiger partial charge is 0.143 e. The van der Waals surface area contributed by atoms with Crippen LogP contribution in [0.15, 0.2) is 116 Å². The molecule has 7 aromatic rings. The lowest BCUT2D eigenvalue weighted by Crippen LogP contribution is -1.92. The second kappa shape index (κ2) is 7.68. The van der Waals surface area contributed by atoms with E-state index in [4.69, 9.17) is 4.74 Å². The summed E-state index contributed by atoms with van der Waals surface area (Å²) in [5.74, 6) is 1.71. The number of ether oxygens (including phenoxy) is 1. The van der Waals surface area contributed by atoms with Crippen molar-refractivity contribution in [3.63, 3.8) is 0 Å². The molecule has 0 spiro atoms. The van der Waals surface area contributed by atoms with Gasteiger partial charge >= 0.3 is 0 Å². The predicted molar refractivity (Wildman–Crippen MR) is 144 cm³/mol. The van der Waals surface area contributed by atoms with Crippen LogP contribution in [0.3, 0.4) is 0 Å². The minimum atomic E-state index is 0.840. The van der Waals surface area contributed by atoms with Crippen molar-refractivity contribution >= 4 is 53.1 Å². The minimum Gasteiger partial charge on any atom is -0.456 e. The van der Waals surface area contributed by atoms with Crippen molar-refractivity contribution in [3.05, 3.63) is 116 Å². The van der Waals surface area contributed by atoms with E-state index in [0.29, 0.717) is 0 Å². The molecule has 0 atom stereocenters. The Hall–Kier alpha value is -4.21. The number of hydrogen-bond acceptors (Lipinski definition) is 3. The molecule has 0 unspecified atom stereocenters. The molecule has 0 aliphatic carbocycles. The van der Waals surface area contributed by atoms with Gasteiger partial charge in [0.15, 0.2) is 0 Å². The van der Waals surface area contributed by atoms with Gasteiger partial charge in [-0.2, -0.15) is 0 Å². The van der Waals surface area contributed by atoms with E-state index in [2.05, 4.69) is 102 Å². The van der Waals surface area contributed by atoms with E-state index in [1.54, 1.807) is 0 Å². The third-order valence-corrected chi connectivity index (χ3v) is 7.56. The van der Waals surface area contributed by atoms with Gasteiger partial charge in [-0.05, 0) is 46.8 Å². The highest BCUT2D eigenvalue weighted by Gasteiger charge is 2.17. The van der Waals surface area contributed by atoms with Crippen molar-refractivity contribution in [2.24, 2.45) is 0 Å². The topological polar surface area (TPSA) is 22.1 Å². The molecule has 0 radical (unpaired) electrons. The number of thiophene rings is 1. The van der Waals surface area contributed by atoms with Gasteiger partial charge in [-0.1, -0.05) is 72.8 Å². The molecule has 160 valence electrons. The number of aromatic nitrogens is 1. The molecule has 0 bridgehead atoms. The molecule has 2 nitrogen and oxygen atoms in total. The third-order valence-electron chi connectivity index (χ3n) is 6.41. The molecule has 0 fully saturated rings. The Morgan fingerprint density at radius 2 is 1.26 bits per heavy atom. The first-order chi connectivity index (χ1) is 16.9. The van der Waals surface area contributed by atoms with Crippen LogP contribution < -0.4 is 4.74 Å². The SMILES string of the molecule is c1ccc(-c2c3ccccc3c(Oc3ccc4sc5ccccc5c4c3)c3ccncc23)cc1. The summed E-state index contributed by atoms with van der Waals surface area (Å²) < 4.78 is 9.26. The van der Waals surface area contributed by atoms with Crippen LogP contribution >= 0.6 is 11.3 Å². The van der Waals surface area contributed by atoms with Crippen LogP contribution in [0.5, 0.6) is 11.5 Å². The molecule has 3 heteroatoms. The van der Waals surface area contributed by atoms with Crippen molar-refractivity contribution in [1.29, 1.82) is 0 Å². The number of hydrogen-bond donors (Lipinski definition) is 0. The maximum absolute atomic E-state index is 6.70. The van der Waals surface area contributed by atoms with Crippen LogP contribution in [0.2, 0.25) is 0 Å². The zero-order valence-corrected chi connectivity index (χ0v) is 19.0. The van der Waals surface area contributed by atoms with Crippen LogP contribution in [-0.2, 0) is 0 Å². The average molecular weight is 454 g/mol. The molecule has 0 amide bonds. The largest absolute Gasteiger partial charge is 0.456 e. The molecule has 7 rings (SSSR count). The fourth-order valence-corrected chi connectivity index (χ4v) is 5.98. The average Bonchev–Trinajstić information content (AvgIpc) is 3.27. The molecule has 0 aliphatic heterocycles. The summed E-state index contributed by atoms with van der Waals surface area (Å²) in [4.78, 5) is 4.47. The van der Waals surface area contributed by atoms with E-state index in [-0.39, 0.29) is 0 Å². The molecule has 0 aliphatic rings. The Kier molecular flexibility index (Phi) is 4.36. The Balaban J connectivity index is 1.49. The summed E-state index contributed by atoms with van der Waals surface area (Å²) in [6.07, 6.45) is 3.79. The van der Waals surface area contributed by atoms with Gasteiger partial charge in [0.2, 0.25) is 0 Å². The van der Waals surface area contributed by atoms with Crippen molar-refractivity contribution in [1.82, 2.24) is 4.98 Å². The highest BCUT2D eigenvalue weighted by molar-refractivity contribution is 7.25. The Labute approximate surface area is 200 Å². The fourth-order valence-electron chi connectivity index (χ4n) is 4.89. The van der Waals surface area contributed by atoms with Gasteiger partial charge in [0, 0.05) is 48.7 Å². The highest BCUT2D eigenvalue weighted by Crippen LogP contribution is 2.45. The molecule has 2 aromatic heterocycles. The van der Waals surface area contributed by atoms with Gasteiger partial charge in [0.25, 0.3) is 0 Å². The highest BCUT2D eigenvalue weighted by atomic mass is 32.1. The van der Waals surface area contributed by atoms with E-state index in [0.717, 1.165) is 33.0 Å². The first-order valence-corrected chi connectivity index (χ1v) is 12.1.